The molecule has 2 aromatic rings. The summed E-state index contributed by atoms with van der Waals surface area (Å²) in [5.41, 5.74) is 1.18. The second-order valence-electron chi connectivity index (χ2n) is 3.08. The number of nitrogens with zero attached hydrogens (tertiary/aromatic N) is 2. The number of benzene rings is 1. The molecule has 0 unspecified atom stereocenters. The van der Waals surface area contributed by atoms with E-state index in [1.54, 1.807) is 12.3 Å². The second kappa shape index (κ2) is 4.28. The lowest BCUT2D eigenvalue weighted by atomic mass is 10.2. The number of rotatable bonds is 2. The Kier molecular flexibility index (Phi) is 2.83. The van der Waals surface area contributed by atoms with Crippen molar-refractivity contribution in [3.05, 3.63) is 47.2 Å². The van der Waals surface area contributed by atoms with Gasteiger partial charge in [0.2, 0.25) is 0 Å². The van der Waals surface area contributed by atoms with E-state index in [1.165, 1.54) is 5.56 Å². The number of halogens is 1. The van der Waals surface area contributed by atoms with Crippen molar-refractivity contribution in [3.8, 4) is 11.8 Å². The molecule has 0 bridgehead atoms. The first kappa shape index (κ1) is 9.93. The van der Waals surface area contributed by atoms with Gasteiger partial charge in [-0.05, 0) is 25.1 Å². The Morgan fingerprint density at radius 1 is 1.13 bits per heavy atom. The van der Waals surface area contributed by atoms with Crippen LogP contribution in [-0.4, -0.2) is 9.97 Å². The van der Waals surface area contributed by atoms with Gasteiger partial charge in [0.25, 0.3) is 0 Å². The predicted octanol–water partition coefficient (Wildman–Crippen LogP) is 3.23. The van der Waals surface area contributed by atoms with Crippen molar-refractivity contribution in [3.63, 3.8) is 0 Å². The highest BCUT2D eigenvalue weighted by atomic mass is 35.5. The van der Waals surface area contributed by atoms with E-state index in [4.69, 9.17) is 16.3 Å². The standard InChI is InChI=1S/C11H9ClN2O/c1-8-2-4-9(5-3-8)15-11-13-7-6-10(12)14-11/h2-7H,1H3. The largest absolute Gasteiger partial charge is 0.424 e. The fourth-order valence-electron chi connectivity index (χ4n) is 1.08. The van der Waals surface area contributed by atoms with Gasteiger partial charge >= 0.3 is 6.01 Å². The number of ether oxygens (including phenoxy) is 1. The highest BCUT2D eigenvalue weighted by Crippen LogP contribution is 2.18. The Morgan fingerprint density at radius 3 is 2.53 bits per heavy atom. The van der Waals surface area contributed by atoms with Crippen LogP contribution in [0, 0.1) is 6.92 Å². The van der Waals surface area contributed by atoms with E-state index >= 15 is 0 Å². The van der Waals surface area contributed by atoms with Crippen LogP contribution in [0.4, 0.5) is 0 Å². The molecule has 0 aliphatic rings. The van der Waals surface area contributed by atoms with Crippen LogP contribution in [0.25, 0.3) is 0 Å². The van der Waals surface area contributed by atoms with Gasteiger partial charge < -0.3 is 4.74 Å². The molecule has 1 heterocycles. The maximum atomic E-state index is 5.71. The molecule has 0 atom stereocenters. The highest BCUT2D eigenvalue weighted by molar-refractivity contribution is 6.29. The summed E-state index contributed by atoms with van der Waals surface area (Å²) in [5, 5.41) is 0.368. The fraction of sp³-hybridized carbons (Fsp3) is 0.0909. The number of hydrogen-bond acceptors (Lipinski definition) is 3. The van der Waals surface area contributed by atoms with Crippen molar-refractivity contribution in [2.45, 2.75) is 6.92 Å². The lowest BCUT2D eigenvalue weighted by Crippen LogP contribution is -1.90. The SMILES string of the molecule is Cc1ccc(Oc2nccc(Cl)n2)cc1. The first-order valence-electron chi connectivity index (χ1n) is 4.47. The average molecular weight is 221 g/mol. The summed E-state index contributed by atoms with van der Waals surface area (Å²) < 4.78 is 5.41. The quantitative estimate of drug-likeness (QED) is 0.729. The van der Waals surface area contributed by atoms with Crippen LogP contribution in [-0.2, 0) is 0 Å². The zero-order valence-electron chi connectivity index (χ0n) is 8.14. The lowest BCUT2D eigenvalue weighted by molar-refractivity contribution is 0.442. The second-order valence-corrected chi connectivity index (χ2v) is 3.46. The number of aryl methyl sites for hydroxylation is 1. The van der Waals surface area contributed by atoms with Gasteiger partial charge in [0.1, 0.15) is 10.9 Å². The van der Waals surface area contributed by atoms with Gasteiger partial charge in [0.15, 0.2) is 0 Å². The van der Waals surface area contributed by atoms with E-state index in [-0.39, 0.29) is 6.01 Å². The first-order valence-corrected chi connectivity index (χ1v) is 4.85. The Bertz CT molecular complexity index is 456. The Labute approximate surface area is 92.7 Å². The minimum Gasteiger partial charge on any atom is -0.424 e. The minimum absolute atomic E-state index is 0.256. The zero-order valence-corrected chi connectivity index (χ0v) is 8.90. The van der Waals surface area contributed by atoms with Crippen molar-refractivity contribution in [2.24, 2.45) is 0 Å². The van der Waals surface area contributed by atoms with E-state index in [1.807, 2.05) is 31.2 Å². The van der Waals surface area contributed by atoms with Crippen molar-refractivity contribution >= 4 is 11.6 Å². The number of aromatic nitrogens is 2. The van der Waals surface area contributed by atoms with Gasteiger partial charge in [-0.25, -0.2) is 4.98 Å². The maximum Gasteiger partial charge on any atom is 0.323 e. The lowest BCUT2D eigenvalue weighted by Gasteiger charge is -2.03. The molecule has 0 spiro atoms. The molecule has 76 valence electrons. The zero-order chi connectivity index (χ0) is 10.7. The van der Waals surface area contributed by atoms with Crippen LogP contribution in [0.3, 0.4) is 0 Å². The normalized spacial score (nSPS) is 10.0. The van der Waals surface area contributed by atoms with Gasteiger partial charge in [-0.3, -0.25) is 0 Å². The van der Waals surface area contributed by atoms with Crippen LogP contribution < -0.4 is 4.74 Å². The predicted molar refractivity (Wildman–Crippen MR) is 58.3 cm³/mol. The molecule has 0 saturated carbocycles. The monoisotopic (exact) mass is 220 g/mol. The summed E-state index contributed by atoms with van der Waals surface area (Å²) in [7, 11) is 0. The molecule has 4 heteroatoms. The molecule has 0 aliphatic heterocycles. The molecular weight excluding hydrogens is 212 g/mol. The molecule has 3 nitrogen and oxygen atoms in total. The molecule has 15 heavy (non-hydrogen) atoms. The maximum absolute atomic E-state index is 5.71. The van der Waals surface area contributed by atoms with Crippen molar-refractivity contribution in [1.29, 1.82) is 0 Å². The molecule has 0 amide bonds. The van der Waals surface area contributed by atoms with E-state index in [2.05, 4.69) is 9.97 Å². The molecule has 0 N–H and O–H groups in total. The van der Waals surface area contributed by atoms with Crippen molar-refractivity contribution in [1.82, 2.24) is 9.97 Å². The molecular formula is C11H9ClN2O. The summed E-state index contributed by atoms with van der Waals surface area (Å²) in [6, 6.07) is 9.49. The third-order valence-electron chi connectivity index (χ3n) is 1.83. The Hall–Kier alpha value is -1.61. The minimum atomic E-state index is 0.256. The van der Waals surface area contributed by atoms with E-state index in [0.717, 1.165) is 0 Å². The topological polar surface area (TPSA) is 35.0 Å². The summed E-state index contributed by atoms with van der Waals surface area (Å²) >= 11 is 5.71. The highest BCUT2D eigenvalue weighted by Gasteiger charge is 2.00. The molecule has 0 saturated heterocycles. The van der Waals surface area contributed by atoms with Gasteiger partial charge in [-0.2, -0.15) is 4.98 Å². The van der Waals surface area contributed by atoms with E-state index < -0.39 is 0 Å². The smallest absolute Gasteiger partial charge is 0.323 e. The average Bonchev–Trinajstić information content (AvgIpc) is 2.22. The van der Waals surface area contributed by atoms with Gasteiger partial charge in [-0.1, -0.05) is 29.3 Å². The number of hydrogen-bond donors (Lipinski definition) is 0. The van der Waals surface area contributed by atoms with E-state index in [0.29, 0.717) is 10.9 Å². The molecule has 2 rings (SSSR count). The molecule has 1 aromatic carbocycles. The molecule has 0 fully saturated rings. The molecule has 1 aromatic heterocycles. The third-order valence-corrected chi connectivity index (χ3v) is 2.04. The van der Waals surface area contributed by atoms with Crippen LogP contribution in [0.1, 0.15) is 5.56 Å². The van der Waals surface area contributed by atoms with Gasteiger partial charge in [0.05, 0.1) is 0 Å². The Balaban J connectivity index is 2.18. The van der Waals surface area contributed by atoms with Crippen LogP contribution in [0.15, 0.2) is 36.5 Å². The van der Waals surface area contributed by atoms with Crippen LogP contribution in [0.5, 0.6) is 11.8 Å². The van der Waals surface area contributed by atoms with Crippen LogP contribution >= 0.6 is 11.6 Å². The van der Waals surface area contributed by atoms with E-state index in [9.17, 15) is 0 Å². The molecule has 0 aliphatic carbocycles. The summed E-state index contributed by atoms with van der Waals surface area (Å²) in [5.74, 6) is 0.697. The third kappa shape index (κ3) is 2.67. The Morgan fingerprint density at radius 2 is 1.87 bits per heavy atom. The van der Waals surface area contributed by atoms with Crippen LogP contribution in [0.2, 0.25) is 5.15 Å². The molecule has 0 radical (unpaired) electrons. The fourth-order valence-corrected chi connectivity index (χ4v) is 1.21. The summed E-state index contributed by atoms with van der Waals surface area (Å²) in [6.07, 6.45) is 1.55. The summed E-state index contributed by atoms with van der Waals surface area (Å²) in [6.45, 7) is 2.01. The summed E-state index contributed by atoms with van der Waals surface area (Å²) in [4.78, 5) is 7.86. The van der Waals surface area contributed by atoms with Gasteiger partial charge in [0, 0.05) is 6.20 Å². The first-order chi connectivity index (χ1) is 7.24. The van der Waals surface area contributed by atoms with Crippen molar-refractivity contribution < 1.29 is 4.74 Å². The van der Waals surface area contributed by atoms with Gasteiger partial charge in [-0.15, -0.1) is 0 Å². The van der Waals surface area contributed by atoms with Crippen molar-refractivity contribution in [2.75, 3.05) is 0 Å².